The first-order valence-corrected chi connectivity index (χ1v) is 11.5. The zero-order valence-electron chi connectivity index (χ0n) is 17.9. The molecule has 4 aromatic rings. The maximum absolute atomic E-state index is 13.1. The number of thioether (sulfide) groups is 1. The number of unbranched alkanes of at least 4 members (excludes halogenated alkanes) is 2. The van der Waals surface area contributed by atoms with Gasteiger partial charge in [0.1, 0.15) is 0 Å². The van der Waals surface area contributed by atoms with E-state index in [4.69, 9.17) is 5.73 Å². The molecule has 10 nitrogen and oxygen atoms in total. The molecule has 2 heterocycles. The topological polar surface area (TPSA) is 138 Å². The zero-order chi connectivity index (χ0) is 23.5. The van der Waals surface area contributed by atoms with E-state index in [1.54, 1.807) is 10.6 Å². The van der Waals surface area contributed by atoms with Crippen molar-refractivity contribution in [1.82, 2.24) is 19.2 Å². The largest absolute Gasteiger partial charge is 0.366 e. The van der Waals surface area contributed by atoms with Crippen molar-refractivity contribution in [3.8, 4) is 0 Å². The van der Waals surface area contributed by atoms with Crippen LogP contribution in [0, 0.1) is 10.1 Å². The summed E-state index contributed by atoms with van der Waals surface area (Å²) in [5.41, 5.74) is 6.13. The van der Waals surface area contributed by atoms with Crippen LogP contribution in [0.3, 0.4) is 0 Å². The molecule has 2 N–H and O–H groups in total. The van der Waals surface area contributed by atoms with Gasteiger partial charge in [0.2, 0.25) is 11.7 Å². The molecule has 0 saturated carbocycles. The third kappa shape index (κ3) is 4.31. The van der Waals surface area contributed by atoms with Gasteiger partial charge in [0.15, 0.2) is 5.16 Å². The SMILES string of the molecule is CCCCCn1c(=O)c2ccccc2n2c(SCc3ccc(C(N)=O)cc3[N+](=O)[O-])nnc12. The minimum Gasteiger partial charge on any atom is -0.366 e. The Bertz CT molecular complexity index is 1430. The number of primary amides is 1. The molecule has 0 fully saturated rings. The number of nitro groups is 1. The highest BCUT2D eigenvalue weighted by Crippen LogP contribution is 2.29. The summed E-state index contributed by atoms with van der Waals surface area (Å²) in [5, 5.41) is 21.2. The quantitative estimate of drug-likeness (QED) is 0.172. The molecule has 0 atom stereocenters. The highest BCUT2D eigenvalue weighted by molar-refractivity contribution is 7.98. The molecule has 2 aromatic heterocycles. The third-order valence-corrected chi connectivity index (χ3v) is 6.36. The van der Waals surface area contributed by atoms with Crippen LogP contribution in [0.25, 0.3) is 16.7 Å². The summed E-state index contributed by atoms with van der Waals surface area (Å²) in [7, 11) is 0. The maximum atomic E-state index is 13.1. The van der Waals surface area contributed by atoms with E-state index in [9.17, 15) is 19.7 Å². The van der Waals surface area contributed by atoms with E-state index in [2.05, 4.69) is 17.1 Å². The Balaban J connectivity index is 1.76. The molecule has 0 aliphatic carbocycles. The number of carbonyl (C=O) groups excluding carboxylic acids is 1. The van der Waals surface area contributed by atoms with Gasteiger partial charge in [0.25, 0.3) is 11.2 Å². The van der Waals surface area contributed by atoms with Gasteiger partial charge in [-0.2, -0.15) is 0 Å². The number of nitrogens with zero attached hydrogens (tertiary/aromatic N) is 5. The fourth-order valence-corrected chi connectivity index (χ4v) is 4.64. The molecule has 11 heteroatoms. The predicted molar refractivity (Wildman–Crippen MR) is 125 cm³/mol. The number of rotatable bonds is 9. The van der Waals surface area contributed by atoms with Crippen molar-refractivity contribution >= 4 is 40.0 Å². The first-order chi connectivity index (χ1) is 15.9. The minimum absolute atomic E-state index is 0.0745. The lowest BCUT2D eigenvalue weighted by molar-refractivity contribution is -0.385. The third-order valence-electron chi connectivity index (χ3n) is 5.39. The Morgan fingerprint density at radius 1 is 1.18 bits per heavy atom. The van der Waals surface area contributed by atoms with Gasteiger partial charge >= 0.3 is 0 Å². The molecule has 170 valence electrons. The van der Waals surface area contributed by atoms with Gasteiger partial charge in [-0.25, -0.2) is 0 Å². The highest BCUT2D eigenvalue weighted by atomic mass is 32.2. The number of hydrogen-bond donors (Lipinski definition) is 1. The van der Waals surface area contributed by atoms with Crippen molar-refractivity contribution in [3.05, 3.63) is 74.1 Å². The number of para-hydroxylation sites is 1. The van der Waals surface area contributed by atoms with Gasteiger partial charge in [-0.1, -0.05) is 49.7 Å². The number of nitro benzene ring substituents is 1. The van der Waals surface area contributed by atoms with Crippen molar-refractivity contribution in [2.24, 2.45) is 5.73 Å². The maximum Gasteiger partial charge on any atom is 0.274 e. The molecule has 0 aliphatic heterocycles. The van der Waals surface area contributed by atoms with Crippen molar-refractivity contribution in [2.45, 2.75) is 43.6 Å². The van der Waals surface area contributed by atoms with Crippen LogP contribution in [0.5, 0.6) is 0 Å². The number of nitrogens with two attached hydrogens (primary N) is 1. The van der Waals surface area contributed by atoms with E-state index < -0.39 is 10.8 Å². The number of carbonyl (C=O) groups is 1. The summed E-state index contributed by atoms with van der Waals surface area (Å²) in [6.07, 6.45) is 2.87. The standard InChI is InChI=1S/C22H22N6O4S/c1-2-3-6-11-26-20(30)16-7-4-5-8-17(16)27-21(26)24-25-22(27)33-13-15-10-9-14(19(23)29)12-18(15)28(31)32/h4-5,7-10,12H,2-3,6,11,13H2,1H3,(H2,23,29). The molecule has 4 rings (SSSR count). The summed E-state index contributed by atoms with van der Waals surface area (Å²) in [5.74, 6) is -0.0662. The van der Waals surface area contributed by atoms with E-state index in [-0.39, 0.29) is 22.6 Å². The minimum atomic E-state index is -0.728. The molecule has 2 aromatic carbocycles. The van der Waals surface area contributed by atoms with Gasteiger partial charge in [-0.05, 0) is 24.6 Å². The zero-order valence-corrected chi connectivity index (χ0v) is 18.7. The van der Waals surface area contributed by atoms with E-state index >= 15 is 0 Å². The summed E-state index contributed by atoms with van der Waals surface area (Å²) in [6, 6.07) is 11.4. The average molecular weight is 467 g/mol. The predicted octanol–water partition coefficient (Wildman–Crippen LogP) is 3.53. The lowest BCUT2D eigenvalue weighted by Gasteiger charge is -2.11. The van der Waals surface area contributed by atoms with Gasteiger partial charge in [0, 0.05) is 29.5 Å². The second kappa shape index (κ2) is 9.41. The fraction of sp³-hybridized carbons (Fsp3) is 0.273. The van der Waals surface area contributed by atoms with Crippen molar-refractivity contribution in [1.29, 1.82) is 0 Å². The summed E-state index contributed by atoms with van der Waals surface area (Å²) >= 11 is 1.27. The molecular weight excluding hydrogens is 444 g/mol. The molecule has 33 heavy (non-hydrogen) atoms. The molecule has 0 saturated heterocycles. The molecule has 0 radical (unpaired) electrons. The number of amides is 1. The Labute approximate surface area is 192 Å². The Morgan fingerprint density at radius 2 is 1.97 bits per heavy atom. The molecule has 0 unspecified atom stereocenters. The van der Waals surface area contributed by atoms with Crippen molar-refractivity contribution in [2.75, 3.05) is 0 Å². The summed E-state index contributed by atoms with van der Waals surface area (Å²) in [4.78, 5) is 35.5. The van der Waals surface area contributed by atoms with E-state index in [0.717, 1.165) is 19.3 Å². The van der Waals surface area contributed by atoms with Gasteiger partial charge in [-0.15, -0.1) is 10.2 Å². The number of fused-ring (bicyclic) bond motifs is 3. The normalized spacial score (nSPS) is 11.3. The van der Waals surface area contributed by atoms with Crippen LogP contribution >= 0.6 is 11.8 Å². The van der Waals surface area contributed by atoms with Crippen LogP contribution in [-0.2, 0) is 12.3 Å². The van der Waals surface area contributed by atoms with Crippen LogP contribution < -0.4 is 11.3 Å². The summed E-state index contributed by atoms with van der Waals surface area (Å²) < 4.78 is 3.45. The highest BCUT2D eigenvalue weighted by Gasteiger charge is 2.20. The fourth-order valence-electron chi connectivity index (χ4n) is 3.70. The van der Waals surface area contributed by atoms with E-state index in [1.165, 1.54) is 30.0 Å². The second-order valence-corrected chi connectivity index (χ2v) is 8.50. The smallest absolute Gasteiger partial charge is 0.274 e. The van der Waals surface area contributed by atoms with E-state index in [0.29, 0.717) is 33.9 Å². The van der Waals surface area contributed by atoms with Crippen molar-refractivity contribution in [3.63, 3.8) is 0 Å². The Hall–Kier alpha value is -3.73. The van der Waals surface area contributed by atoms with Crippen LogP contribution in [-0.4, -0.2) is 30.0 Å². The Kier molecular flexibility index (Phi) is 6.40. The van der Waals surface area contributed by atoms with Crippen molar-refractivity contribution < 1.29 is 9.72 Å². The van der Waals surface area contributed by atoms with Crippen LogP contribution in [0.1, 0.15) is 42.1 Å². The molecule has 0 aliphatic rings. The molecule has 0 bridgehead atoms. The average Bonchev–Trinajstić information content (AvgIpc) is 3.23. The summed E-state index contributed by atoms with van der Waals surface area (Å²) in [6.45, 7) is 2.63. The number of aryl methyl sites for hydroxylation is 1. The first kappa shape index (κ1) is 22.5. The number of aromatic nitrogens is 4. The lowest BCUT2D eigenvalue weighted by atomic mass is 10.1. The van der Waals surface area contributed by atoms with Crippen LogP contribution in [0.4, 0.5) is 5.69 Å². The van der Waals surface area contributed by atoms with Gasteiger partial charge in [-0.3, -0.25) is 28.7 Å². The monoisotopic (exact) mass is 466 g/mol. The molecule has 1 amide bonds. The number of hydrogen-bond acceptors (Lipinski definition) is 7. The lowest BCUT2D eigenvalue weighted by Crippen LogP contribution is -2.23. The number of benzene rings is 2. The molecular formula is C22H22N6O4S. The van der Waals surface area contributed by atoms with Gasteiger partial charge < -0.3 is 5.73 Å². The van der Waals surface area contributed by atoms with Crippen LogP contribution in [0.2, 0.25) is 0 Å². The Morgan fingerprint density at radius 3 is 2.70 bits per heavy atom. The molecule has 0 spiro atoms. The first-order valence-electron chi connectivity index (χ1n) is 10.5. The van der Waals surface area contributed by atoms with Gasteiger partial charge in [0.05, 0.1) is 15.8 Å². The van der Waals surface area contributed by atoms with E-state index in [1.807, 2.05) is 22.6 Å². The van der Waals surface area contributed by atoms with Crippen LogP contribution in [0.15, 0.2) is 52.4 Å². The second-order valence-electron chi connectivity index (χ2n) is 7.55.